The molecule has 0 aromatic heterocycles. The summed E-state index contributed by atoms with van der Waals surface area (Å²) >= 11 is 0. The lowest BCUT2D eigenvalue weighted by molar-refractivity contribution is 0.150. The maximum absolute atomic E-state index is 12.3. The second-order valence-corrected chi connectivity index (χ2v) is 2.58. The largest absolute Gasteiger partial charge is 0.504 e. The lowest BCUT2D eigenvalue weighted by Crippen LogP contribution is -1.93. The van der Waals surface area contributed by atoms with E-state index in [-0.39, 0.29) is 22.8 Å². The number of phenols is 1. The maximum atomic E-state index is 12.3. The SMILES string of the molecule is COc1cc(C(F)F)cc(O)c1OC. The fraction of sp³-hybridized carbons (Fsp3) is 0.333. The van der Waals surface area contributed by atoms with E-state index in [2.05, 4.69) is 0 Å². The molecule has 0 radical (unpaired) electrons. The number of hydrogen-bond donors (Lipinski definition) is 1. The van der Waals surface area contributed by atoms with Gasteiger partial charge in [-0.15, -0.1) is 0 Å². The molecule has 1 aromatic carbocycles. The van der Waals surface area contributed by atoms with Gasteiger partial charge in [-0.1, -0.05) is 0 Å². The van der Waals surface area contributed by atoms with Crippen LogP contribution in [-0.4, -0.2) is 19.3 Å². The molecular weight excluding hydrogens is 194 g/mol. The van der Waals surface area contributed by atoms with Gasteiger partial charge >= 0.3 is 0 Å². The Morgan fingerprint density at radius 1 is 1.21 bits per heavy atom. The quantitative estimate of drug-likeness (QED) is 0.821. The molecule has 1 N–H and O–H groups in total. The number of methoxy groups -OCH3 is 2. The number of halogens is 2. The first-order valence-corrected chi connectivity index (χ1v) is 3.83. The second-order valence-electron chi connectivity index (χ2n) is 2.58. The van der Waals surface area contributed by atoms with Gasteiger partial charge in [-0.05, 0) is 12.1 Å². The van der Waals surface area contributed by atoms with Crippen LogP contribution >= 0.6 is 0 Å². The highest BCUT2D eigenvalue weighted by Crippen LogP contribution is 2.39. The smallest absolute Gasteiger partial charge is 0.264 e. The van der Waals surface area contributed by atoms with Crippen LogP contribution in [0.4, 0.5) is 8.78 Å². The first kappa shape index (κ1) is 10.6. The predicted molar refractivity (Wildman–Crippen MR) is 46.2 cm³/mol. The van der Waals surface area contributed by atoms with Gasteiger partial charge in [0.05, 0.1) is 14.2 Å². The zero-order valence-electron chi connectivity index (χ0n) is 7.75. The first-order valence-electron chi connectivity index (χ1n) is 3.83. The average Bonchev–Trinajstić information content (AvgIpc) is 2.16. The average molecular weight is 204 g/mol. The maximum Gasteiger partial charge on any atom is 0.264 e. The summed E-state index contributed by atoms with van der Waals surface area (Å²) in [4.78, 5) is 0. The Kier molecular flexibility index (Phi) is 3.11. The Morgan fingerprint density at radius 3 is 2.29 bits per heavy atom. The zero-order valence-corrected chi connectivity index (χ0v) is 7.75. The minimum atomic E-state index is -2.65. The van der Waals surface area contributed by atoms with E-state index in [0.29, 0.717) is 0 Å². The van der Waals surface area contributed by atoms with Crippen molar-refractivity contribution in [2.24, 2.45) is 0 Å². The van der Waals surface area contributed by atoms with Gasteiger partial charge in [0.2, 0.25) is 5.75 Å². The molecule has 1 aromatic rings. The van der Waals surface area contributed by atoms with Crippen molar-refractivity contribution in [3.63, 3.8) is 0 Å². The molecule has 0 saturated carbocycles. The zero-order chi connectivity index (χ0) is 10.7. The molecule has 0 amide bonds. The number of rotatable bonds is 3. The summed E-state index contributed by atoms with van der Waals surface area (Å²) < 4.78 is 34.2. The highest BCUT2D eigenvalue weighted by atomic mass is 19.3. The van der Waals surface area contributed by atoms with E-state index in [1.165, 1.54) is 14.2 Å². The van der Waals surface area contributed by atoms with E-state index in [1.807, 2.05) is 0 Å². The molecular formula is C9H10F2O3. The monoisotopic (exact) mass is 204 g/mol. The molecule has 3 nitrogen and oxygen atoms in total. The standard InChI is InChI=1S/C9H10F2O3/c1-13-7-4-5(9(10)11)3-6(12)8(7)14-2/h3-4,9,12H,1-2H3. The molecule has 5 heteroatoms. The van der Waals surface area contributed by atoms with Gasteiger partial charge < -0.3 is 14.6 Å². The van der Waals surface area contributed by atoms with Crippen molar-refractivity contribution in [2.45, 2.75) is 6.43 Å². The highest BCUT2D eigenvalue weighted by Gasteiger charge is 2.16. The van der Waals surface area contributed by atoms with Gasteiger partial charge in [0.15, 0.2) is 11.5 Å². The number of aromatic hydroxyl groups is 1. The molecule has 0 heterocycles. The second kappa shape index (κ2) is 4.13. The van der Waals surface area contributed by atoms with Crippen LogP contribution in [-0.2, 0) is 0 Å². The van der Waals surface area contributed by atoms with Crippen LogP contribution in [0, 0.1) is 0 Å². The van der Waals surface area contributed by atoms with E-state index in [0.717, 1.165) is 12.1 Å². The van der Waals surface area contributed by atoms with Crippen molar-refractivity contribution in [3.05, 3.63) is 17.7 Å². The molecule has 1 rings (SSSR count). The third-order valence-corrected chi connectivity index (χ3v) is 1.73. The van der Waals surface area contributed by atoms with Crippen LogP contribution in [0.15, 0.2) is 12.1 Å². The Labute approximate surface area is 79.9 Å². The van der Waals surface area contributed by atoms with Crippen LogP contribution in [0.5, 0.6) is 17.2 Å². The lowest BCUT2D eigenvalue weighted by atomic mass is 10.2. The fourth-order valence-corrected chi connectivity index (χ4v) is 1.09. The summed E-state index contributed by atoms with van der Waals surface area (Å²) in [5, 5.41) is 9.31. The third kappa shape index (κ3) is 1.86. The molecule has 0 aliphatic carbocycles. The van der Waals surface area contributed by atoms with Crippen LogP contribution in [0.25, 0.3) is 0 Å². The number of benzene rings is 1. The van der Waals surface area contributed by atoms with Gasteiger partial charge in [0.25, 0.3) is 6.43 Å². The minimum absolute atomic E-state index is 0.0527. The van der Waals surface area contributed by atoms with E-state index in [9.17, 15) is 13.9 Å². The van der Waals surface area contributed by atoms with E-state index in [4.69, 9.17) is 9.47 Å². The van der Waals surface area contributed by atoms with Crippen molar-refractivity contribution in [2.75, 3.05) is 14.2 Å². The molecule has 0 saturated heterocycles. The molecule has 78 valence electrons. The predicted octanol–water partition coefficient (Wildman–Crippen LogP) is 2.35. The van der Waals surface area contributed by atoms with Crippen molar-refractivity contribution in [1.82, 2.24) is 0 Å². The molecule has 0 aliphatic rings. The van der Waals surface area contributed by atoms with Gasteiger partial charge in [0, 0.05) is 5.56 Å². The normalized spacial score (nSPS) is 10.4. The number of alkyl halides is 2. The molecule has 0 fully saturated rings. The summed E-state index contributed by atoms with van der Waals surface area (Å²) in [6.45, 7) is 0. The number of ether oxygens (including phenoxy) is 2. The summed E-state index contributed by atoms with van der Waals surface area (Å²) in [5.41, 5.74) is -0.305. The van der Waals surface area contributed by atoms with Gasteiger partial charge in [-0.25, -0.2) is 8.78 Å². The Hall–Kier alpha value is -1.52. The van der Waals surface area contributed by atoms with Gasteiger partial charge in [-0.3, -0.25) is 0 Å². The minimum Gasteiger partial charge on any atom is -0.504 e. The molecule has 0 bridgehead atoms. The van der Waals surface area contributed by atoms with Crippen LogP contribution in [0.1, 0.15) is 12.0 Å². The fourth-order valence-electron chi connectivity index (χ4n) is 1.09. The lowest BCUT2D eigenvalue weighted by Gasteiger charge is -2.11. The molecule has 0 spiro atoms. The highest BCUT2D eigenvalue weighted by molar-refractivity contribution is 5.53. The molecule has 0 atom stereocenters. The summed E-state index contributed by atoms with van der Waals surface area (Å²) in [6, 6.07) is 2.08. The summed E-state index contributed by atoms with van der Waals surface area (Å²) in [7, 11) is 2.63. The number of hydrogen-bond acceptors (Lipinski definition) is 3. The van der Waals surface area contributed by atoms with Crippen LogP contribution < -0.4 is 9.47 Å². The molecule has 14 heavy (non-hydrogen) atoms. The Balaban J connectivity index is 3.24. The summed E-state index contributed by atoms with van der Waals surface area (Å²) in [6.07, 6.45) is -2.65. The Morgan fingerprint density at radius 2 is 1.86 bits per heavy atom. The van der Waals surface area contributed by atoms with Gasteiger partial charge in [-0.2, -0.15) is 0 Å². The van der Waals surface area contributed by atoms with Crippen molar-refractivity contribution < 1.29 is 23.4 Å². The van der Waals surface area contributed by atoms with E-state index >= 15 is 0 Å². The number of phenolic OH excluding ortho intramolecular Hbond substituents is 1. The van der Waals surface area contributed by atoms with Gasteiger partial charge in [0.1, 0.15) is 0 Å². The van der Waals surface area contributed by atoms with E-state index < -0.39 is 6.43 Å². The summed E-state index contributed by atoms with van der Waals surface area (Å²) in [5.74, 6) is -0.221. The molecule has 0 unspecified atom stereocenters. The van der Waals surface area contributed by atoms with Crippen molar-refractivity contribution >= 4 is 0 Å². The topological polar surface area (TPSA) is 38.7 Å². The molecule has 0 aliphatic heterocycles. The van der Waals surface area contributed by atoms with Crippen molar-refractivity contribution in [1.29, 1.82) is 0 Å². The third-order valence-electron chi connectivity index (χ3n) is 1.73. The van der Waals surface area contributed by atoms with E-state index in [1.54, 1.807) is 0 Å². The van der Waals surface area contributed by atoms with Crippen molar-refractivity contribution in [3.8, 4) is 17.2 Å². The first-order chi connectivity index (χ1) is 6.60. The van der Waals surface area contributed by atoms with Crippen LogP contribution in [0.2, 0.25) is 0 Å². The Bertz CT molecular complexity index is 326. The van der Waals surface area contributed by atoms with Crippen LogP contribution in [0.3, 0.4) is 0 Å².